The molecular weight excluding hydrogens is 383 g/mol. The quantitative estimate of drug-likeness (QED) is 0.666. The predicted molar refractivity (Wildman–Crippen MR) is 116 cm³/mol. The number of benzene rings is 1. The van der Waals surface area contributed by atoms with Crippen LogP contribution in [-0.4, -0.2) is 58.4 Å². The van der Waals surface area contributed by atoms with E-state index < -0.39 is 5.82 Å². The van der Waals surface area contributed by atoms with Crippen molar-refractivity contribution in [2.24, 2.45) is 5.92 Å². The molecule has 0 amide bonds. The summed E-state index contributed by atoms with van der Waals surface area (Å²) in [5.41, 5.74) is 1.96. The summed E-state index contributed by atoms with van der Waals surface area (Å²) in [5.74, 6) is 1.17. The van der Waals surface area contributed by atoms with Gasteiger partial charge in [0.25, 0.3) is 0 Å². The third-order valence-corrected chi connectivity index (χ3v) is 5.08. The van der Waals surface area contributed by atoms with E-state index in [4.69, 9.17) is 4.74 Å². The van der Waals surface area contributed by atoms with Gasteiger partial charge in [0.2, 0.25) is 0 Å². The Hall–Kier alpha value is -3.16. The number of aromatic nitrogens is 4. The molecule has 1 aromatic carbocycles. The van der Waals surface area contributed by atoms with Crippen molar-refractivity contribution in [2.45, 2.75) is 26.4 Å². The highest BCUT2D eigenvalue weighted by atomic mass is 19.1. The van der Waals surface area contributed by atoms with E-state index in [9.17, 15) is 4.39 Å². The molecule has 8 heteroatoms. The molecule has 7 nitrogen and oxygen atoms in total. The third kappa shape index (κ3) is 4.22. The zero-order chi connectivity index (χ0) is 21.3. The van der Waals surface area contributed by atoms with Gasteiger partial charge in [-0.2, -0.15) is 5.10 Å². The Balaban J connectivity index is 1.62. The maximum atomic E-state index is 14.3. The van der Waals surface area contributed by atoms with Gasteiger partial charge >= 0.3 is 0 Å². The van der Waals surface area contributed by atoms with Gasteiger partial charge in [0.05, 0.1) is 17.3 Å². The fraction of sp³-hybridized carbons (Fsp3) is 0.409. The van der Waals surface area contributed by atoms with Crippen LogP contribution in [0.5, 0.6) is 5.75 Å². The topological polar surface area (TPSA) is 70.2 Å². The van der Waals surface area contributed by atoms with Crippen LogP contribution in [0.25, 0.3) is 22.3 Å². The Kier molecular flexibility index (Phi) is 5.57. The third-order valence-electron chi connectivity index (χ3n) is 5.08. The molecule has 0 spiro atoms. The normalized spacial score (nSPS) is 16.9. The predicted octanol–water partition coefficient (Wildman–Crippen LogP) is 3.85. The standard InChI is InChI=1S/C22H27FN6O/c1-14(2)30-20-9-16-18(10-17(20)23)26-27-22(16)19-11-21(25-13-24-19)29-8-6-15(12-29)5-7-28(3)4/h5,7,9-11,13-15H,6,8,12H2,1-4H3,(H,26,27). The monoisotopic (exact) mass is 410 g/mol. The van der Waals surface area contributed by atoms with Gasteiger partial charge in [-0.1, -0.05) is 6.08 Å². The first kappa shape index (κ1) is 20.1. The van der Waals surface area contributed by atoms with Crippen LogP contribution in [-0.2, 0) is 0 Å². The molecule has 2 aromatic heterocycles. The number of rotatable bonds is 6. The fourth-order valence-corrected chi connectivity index (χ4v) is 3.65. The van der Waals surface area contributed by atoms with Crippen molar-refractivity contribution in [3.05, 3.63) is 42.6 Å². The Bertz CT molecular complexity index is 1060. The lowest BCUT2D eigenvalue weighted by molar-refractivity contribution is 0.231. The summed E-state index contributed by atoms with van der Waals surface area (Å²) in [6.45, 7) is 5.60. The maximum Gasteiger partial charge on any atom is 0.167 e. The average Bonchev–Trinajstić information content (AvgIpc) is 3.33. The number of ether oxygens (including phenoxy) is 1. The molecular formula is C22H27FN6O. The van der Waals surface area contributed by atoms with Gasteiger partial charge < -0.3 is 14.5 Å². The van der Waals surface area contributed by atoms with Crippen molar-refractivity contribution in [1.29, 1.82) is 0 Å². The first-order valence-electron chi connectivity index (χ1n) is 10.2. The summed E-state index contributed by atoms with van der Waals surface area (Å²) in [5, 5.41) is 8.05. The molecule has 3 aromatic rings. The van der Waals surface area contributed by atoms with Crippen molar-refractivity contribution in [1.82, 2.24) is 25.1 Å². The highest BCUT2D eigenvalue weighted by Crippen LogP contribution is 2.32. The largest absolute Gasteiger partial charge is 0.488 e. The summed E-state index contributed by atoms with van der Waals surface area (Å²) < 4.78 is 19.9. The zero-order valence-corrected chi connectivity index (χ0v) is 17.8. The van der Waals surface area contributed by atoms with Crippen LogP contribution < -0.4 is 9.64 Å². The summed E-state index contributed by atoms with van der Waals surface area (Å²) in [6, 6.07) is 5.04. The first-order valence-corrected chi connectivity index (χ1v) is 10.2. The van der Waals surface area contributed by atoms with E-state index in [1.54, 1.807) is 12.4 Å². The van der Waals surface area contributed by atoms with E-state index >= 15 is 0 Å². The van der Waals surface area contributed by atoms with Crippen molar-refractivity contribution in [2.75, 3.05) is 32.1 Å². The molecule has 1 unspecified atom stereocenters. The summed E-state index contributed by atoms with van der Waals surface area (Å²) in [4.78, 5) is 13.2. The van der Waals surface area contributed by atoms with E-state index in [1.165, 1.54) is 6.07 Å². The molecule has 1 aliphatic rings. The lowest BCUT2D eigenvalue weighted by Crippen LogP contribution is -2.20. The number of aromatic amines is 1. The van der Waals surface area contributed by atoms with Gasteiger partial charge in [0.1, 0.15) is 17.8 Å². The number of nitrogens with one attached hydrogen (secondary N) is 1. The molecule has 0 radical (unpaired) electrons. The summed E-state index contributed by atoms with van der Waals surface area (Å²) in [6.07, 6.45) is 6.87. The highest BCUT2D eigenvalue weighted by molar-refractivity contribution is 5.93. The maximum absolute atomic E-state index is 14.3. The zero-order valence-electron chi connectivity index (χ0n) is 17.8. The van der Waals surface area contributed by atoms with Crippen molar-refractivity contribution in [3.8, 4) is 17.1 Å². The van der Waals surface area contributed by atoms with Gasteiger partial charge in [-0.3, -0.25) is 5.10 Å². The fourth-order valence-electron chi connectivity index (χ4n) is 3.65. The molecule has 1 N–H and O–H groups in total. The van der Waals surface area contributed by atoms with Crippen LogP contribution in [0.3, 0.4) is 0 Å². The number of hydrogen-bond donors (Lipinski definition) is 1. The second-order valence-electron chi connectivity index (χ2n) is 8.13. The second kappa shape index (κ2) is 8.30. The van der Waals surface area contributed by atoms with E-state index in [2.05, 4.69) is 37.3 Å². The lowest BCUT2D eigenvalue weighted by Gasteiger charge is -2.17. The average molecular weight is 410 g/mol. The number of hydrogen-bond acceptors (Lipinski definition) is 6. The van der Waals surface area contributed by atoms with Crippen molar-refractivity contribution in [3.63, 3.8) is 0 Å². The van der Waals surface area contributed by atoms with Gasteiger partial charge in [-0.05, 0) is 38.5 Å². The van der Waals surface area contributed by atoms with E-state index in [-0.39, 0.29) is 11.9 Å². The molecule has 0 bridgehead atoms. The van der Waals surface area contributed by atoms with Crippen molar-refractivity contribution >= 4 is 16.7 Å². The highest BCUT2D eigenvalue weighted by Gasteiger charge is 2.23. The number of halogens is 1. The van der Waals surface area contributed by atoms with Crippen LogP contribution in [0.1, 0.15) is 20.3 Å². The summed E-state index contributed by atoms with van der Waals surface area (Å²) in [7, 11) is 4.05. The molecule has 3 heterocycles. The van der Waals surface area contributed by atoms with Gasteiger partial charge in [0.15, 0.2) is 11.6 Å². The minimum atomic E-state index is -0.413. The van der Waals surface area contributed by atoms with Gasteiger partial charge in [-0.15, -0.1) is 0 Å². The van der Waals surface area contributed by atoms with E-state index in [0.29, 0.717) is 22.8 Å². The molecule has 158 valence electrons. The molecule has 1 saturated heterocycles. The smallest absolute Gasteiger partial charge is 0.167 e. The minimum absolute atomic E-state index is 0.123. The number of anilines is 1. The summed E-state index contributed by atoms with van der Waals surface area (Å²) >= 11 is 0. The molecule has 1 fully saturated rings. The lowest BCUT2D eigenvalue weighted by atomic mass is 10.1. The van der Waals surface area contributed by atoms with Gasteiger partial charge in [-0.25, -0.2) is 14.4 Å². The SMILES string of the molecule is CC(C)Oc1cc2c(-c3cc(N4CCC(C=CN(C)C)C4)ncn3)n[nH]c2cc1F. The van der Waals surface area contributed by atoms with Crippen LogP contribution in [0, 0.1) is 11.7 Å². The van der Waals surface area contributed by atoms with E-state index in [1.807, 2.05) is 38.9 Å². The molecule has 1 atom stereocenters. The molecule has 4 rings (SSSR count). The van der Waals surface area contributed by atoms with Crippen LogP contribution in [0.4, 0.5) is 10.2 Å². The number of fused-ring (bicyclic) bond motifs is 1. The van der Waals surface area contributed by atoms with Crippen LogP contribution in [0.15, 0.2) is 36.8 Å². The number of H-pyrrole nitrogens is 1. The van der Waals surface area contributed by atoms with Crippen LogP contribution in [0.2, 0.25) is 0 Å². The second-order valence-corrected chi connectivity index (χ2v) is 8.13. The van der Waals surface area contributed by atoms with E-state index in [0.717, 1.165) is 30.7 Å². The Morgan fingerprint density at radius 1 is 1.27 bits per heavy atom. The molecule has 1 aliphatic heterocycles. The Labute approximate surface area is 175 Å². The first-order chi connectivity index (χ1) is 14.4. The minimum Gasteiger partial charge on any atom is -0.488 e. The Morgan fingerprint density at radius 3 is 2.87 bits per heavy atom. The molecule has 0 aliphatic carbocycles. The Morgan fingerprint density at radius 2 is 2.10 bits per heavy atom. The molecule has 0 saturated carbocycles. The van der Waals surface area contributed by atoms with Crippen molar-refractivity contribution < 1.29 is 9.13 Å². The molecule has 30 heavy (non-hydrogen) atoms. The number of nitrogens with zero attached hydrogens (tertiary/aromatic N) is 5. The van der Waals surface area contributed by atoms with Gasteiger partial charge in [0, 0.05) is 44.7 Å². The van der Waals surface area contributed by atoms with Crippen LogP contribution >= 0.6 is 0 Å².